The molecule has 3 rings (SSSR count). The van der Waals surface area contributed by atoms with Gasteiger partial charge in [0.15, 0.2) is 0 Å². The van der Waals surface area contributed by atoms with Crippen LogP contribution in [0.3, 0.4) is 0 Å². The molecule has 0 saturated carbocycles. The summed E-state index contributed by atoms with van der Waals surface area (Å²) in [5, 5.41) is 0. The van der Waals surface area contributed by atoms with Crippen LogP contribution in [0.1, 0.15) is 0 Å². The van der Waals surface area contributed by atoms with Gasteiger partial charge in [0.05, 0.1) is 24.8 Å². The molecule has 0 spiro atoms. The van der Waals surface area contributed by atoms with Crippen molar-refractivity contribution in [1.29, 1.82) is 0 Å². The van der Waals surface area contributed by atoms with Crippen molar-refractivity contribution >= 4 is 5.69 Å². The van der Waals surface area contributed by atoms with Gasteiger partial charge in [-0.2, -0.15) is 0 Å². The van der Waals surface area contributed by atoms with E-state index in [1.165, 1.54) is 0 Å². The molecule has 0 aliphatic carbocycles. The minimum atomic E-state index is 0.583. The highest BCUT2D eigenvalue weighted by molar-refractivity contribution is 5.58. The number of nitrogens with zero attached hydrogens (tertiary/aromatic N) is 2. The van der Waals surface area contributed by atoms with E-state index < -0.39 is 0 Å². The highest BCUT2D eigenvalue weighted by Gasteiger charge is 2.04. The number of aromatic nitrogens is 2. The van der Waals surface area contributed by atoms with Crippen LogP contribution in [-0.2, 0) is 6.54 Å². The van der Waals surface area contributed by atoms with Crippen molar-refractivity contribution in [2.24, 2.45) is 0 Å². The van der Waals surface area contributed by atoms with Crippen LogP contribution in [0.15, 0.2) is 67.1 Å². The lowest BCUT2D eigenvalue weighted by Gasteiger charge is -2.10. The third-order valence-corrected chi connectivity index (χ3v) is 3.26. The van der Waals surface area contributed by atoms with Gasteiger partial charge in [-0.1, -0.05) is 30.3 Å². The van der Waals surface area contributed by atoms with Gasteiger partial charge < -0.3 is 15.0 Å². The molecule has 0 aliphatic rings. The normalized spacial score (nSPS) is 10.5. The predicted molar refractivity (Wildman–Crippen MR) is 84.0 cm³/mol. The first-order valence-corrected chi connectivity index (χ1v) is 6.87. The Hall–Kier alpha value is -2.75. The van der Waals surface area contributed by atoms with E-state index in [0.717, 1.165) is 29.2 Å². The molecule has 0 amide bonds. The van der Waals surface area contributed by atoms with Gasteiger partial charge in [0.1, 0.15) is 12.4 Å². The molecule has 2 N–H and O–H groups in total. The number of ether oxygens (including phenoxy) is 1. The molecule has 1 aromatic heterocycles. The van der Waals surface area contributed by atoms with Crippen LogP contribution in [0.4, 0.5) is 5.69 Å². The lowest BCUT2D eigenvalue weighted by Crippen LogP contribution is -2.08. The van der Waals surface area contributed by atoms with Crippen molar-refractivity contribution in [3.8, 4) is 17.0 Å². The number of anilines is 1. The second-order valence-electron chi connectivity index (χ2n) is 4.76. The zero-order valence-corrected chi connectivity index (χ0v) is 11.6. The van der Waals surface area contributed by atoms with Gasteiger partial charge in [0.25, 0.3) is 0 Å². The second kappa shape index (κ2) is 6.13. The highest BCUT2D eigenvalue weighted by Crippen LogP contribution is 2.18. The van der Waals surface area contributed by atoms with Crippen LogP contribution >= 0.6 is 0 Å². The van der Waals surface area contributed by atoms with E-state index >= 15 is 0 Å². The van der Waals surface area contributed by atoms with Crippen LogP contribution in [-0.4, -0.2) is 16.2 Å². The number of imidazole rings is 1. The van der Waals surface area contributed by atoms with E-state index in [1.54, 1.807) is 0 Å². The summed E-state index contributed by atoms with van der Waals surface area (Å²) < 4.78 is 7.81. The minimum absolute atomic E-state index is 0.583. The van der Waals surface area contributed by atoms with Crippen molar-refractivity contribution < 1.29 is 4.74 Å². The van der Waals surface area contributed by atoms with Crippen molar-refractivity contribution in [3.63, 3.8) is 0 Å². The van der Waals surface area contributed by atoms with Crippen LogP contribution in [0.2, 0.25) is 0 Å². The summed E-state index contributed by atoms with van der Waals surface area (Å²) in [4.78, 5) is 4.23. The molecule has 0 bridgehead atoms. The first-order chi connectivity index (χ1) is 10.3. The molecule has 0 atom stereocenters. The Morgan fingerprint density at radius 1 is 1.00 bits per heavy atom. The number of rotatable bonds is 5. The maximum absolute atomic E-state index is 5.72. The molecule has 0 aliphatic heterocycles. The molecular formula is C17H17N3O. The molecule has 106 valence electrons. The quantitative estimate of drug-likeness (QED) is 0.730. The Morgan fingerprint density at radius 3 is 2.52 bits per heavy atom. The van der Waals surface area contributed by atoms with Crippen LogP contribution in [0.25, 0.3) is 11.3 Å². The molecular weight excluding hydrogens is 262 g/mol. The van der Waals surface area contributed by atoms with E-state index in [4.69, 9.17) is 10.5 Å². The van der Waals surface area contributed by atoms with Crippen molar-refractivity contribution in [2.45, 2.75) is 6.54 Å². The van der Waals surface area contributed by atoms with Gasteiger partial charge in [-0.25, -0.2) is 4.98 Å². The summed E-state index contributed by atoms with van der Waals surface area (Å²) >= 11 is 0. The maximum atomic E-state index is 5.72. The number of nitrogen functional groups attached to an aromatic ring is 1. The molecule has 0 radical (unpaired) electrons. The monoisotopic (exact) mass is 279 g/mol. The maximum Gasteiger partial charge on any atom is 0.119 e. The van der Waals surface area contributed by atoms with E-state index in [9.17, 15) is 0 Å². The second-order valence-corrected chi connectivity index (χ2v) is 4.76. The Balaban J connectivity index is 1.64. The van der Waals surface area contributed by atoms with E-state index in [1.807, 2.05) is 55.0 Å². The van der Waals surface area contributed by atoms with Crippen LogP contribution < -0.4 is 10.5 Å². The van der Waals surface area contributed by atoms with Gasteiger partial charge >= 0.3 is 0 Å². The van der Waals surface area contributed by atoms with E-state index in [-0.39, 0.29) is 0 Å². The zero-order chi connectivity index (χ0) is 14.5. The van der Waals surface area contributed by atoms with Crippen molar-refractivity contribution in [2.75, 3.05) is 12.3 Å². The SMILES string of the molecule is Nc1ccc(OCCn2cncc2-c2ccccc2)cc1. The van der Waals surface area contributed by atoms with Gasteiger partial charge in [-0.15, -0.1) is 0 Å². The first-order valence-electron chi connectivity index (χ1n) is 6.87. The molecule has 21 heavy (non-hydrogen) atoms. The summed E-state index contributed by atoms with van der Waals surface area (Å²) in [6.45, 7) is 1.33. The fraction of sp³-hybridized carbons (Fsp3) is 0.118. The third-order valence-electron chi connectivity index (χ3n) is 3.26. The van der Waals surface area contributed by atoms with Crippen LogP contribution in [0.5, 0.6) is 5.75 Å². The Labute approximate surface area is 123 Å². The van der Waals surface area contributed by atoms with Gasteiger partial charge in [0.2, 0.25) is 0 Å². The highest BCUT2D eigenvalue weighted by atomic mass is 16.5. The molecule has 1 heterocycles. The largest absolute Gasteiger partial charge is 0.492 e. The van der Waals surface area contributed by atoms with Crippen molar-refractivity contribution in [1.82, 2.24) is 9.55 Å². The average molecular weight is 279 g/mol. The molecule has 4 nitrogen and oxygen atoms in total. The number of benzene rings is 2. The summed E-state index contributed by atoms with van der Waals surface area (Å²) in [6.07, 6.45) is 3.70. The molecule has 2 aromatic carbocycles. The third kappa shape index (κ3) is 3.23. The van der Waals surface area contributed by atoms with Crippen LogP contribution in [0, 0.1) is 0 Å². The van der Waals surface area contributed by atoms with Crippen molar-refractivity contribution in [3.05, 3.63) is 67.1 Å². The smallest absolute Gasteiger partial charge is 0.119 e. The molecule has 0 saturated heterocycles. The summed E-state index contributed by atoms with van der Waals surface area (Å²) in [6, 6.07) is 17.6. The zero-order valence-electron chi connectivity index (χ0n) is 11.6. The standard InChI is InChI=1S/C17H17N3O/c18-15-6-8-16(9-7-15)21-11-10-20-13-19-12-17(20)14-4-2-1-3-5-14/h1-9,12-13H,10-11,18H2. The molecule has 0 fully saturated rings. The Morgan fingerprint density at radius 2 is 1.76 bits per heavy atom. The first kappa shape index (κ1) is 13.2. The number of hydrogen-bond donors (Lipinski definition) is 1. The summed E-state index contributed by atoms with van der Waals surface area (Å²) in [5.74, 6) is 0.825. The molecule has 0 unspecified atom stereocenters. The summed E-state index contributed by atoms with van der Waals surface area (Å²) in [7, 11) is 0. The topological polar surface area (TPSA) is 53.1 Å². The number of hydrogen-bond acceptors (Lipinski definition) is 3. The fourth-order valence-electron chi connectivity index (χ4n) is 2.17. The molecule has 3 aromatic rings. The summed E-state index contributed by atoms with van der Waals surface area (Å²) in [5.41, 5.74) is 8.64. The molecule has 4 heteroatoms. The lowest BCUT2D eigenvalue weighted by molar-refractivity contribution is 0.299. The van der Waals surface area contributed by atoms with Gasteiger partial charge in [0, 0.05) is 5.69 Å². The Bertz CT molecular complexity index is 690. The fourth-order valence-corrected chi connectivity index (χ4v) is 2.17. The van der Waals surface area contributed by atoms with E-state index in [0.29, 0.717) is 6.61 Å². The van der Waals surface area contributed by atoms with Gasteiger partial charge in [-0.3, -0.25) is 0 Å². The minimum Gasteiger partial charge on any atom is -0.492 e. The van der Waals surface area contributed by atoms with Gasteiger partial charge in [-0.05, 0) is 29.8 Å². The predicted octanol–water partition coefficient (Wildman–Crippen LogP) is 3.21. The Kier molecular flexibility index (Phi) is 3.87. The average Bonchev–Trinajstić information content (AvgIpc) is 2.99. The lowest BCUT2D eigenvalue weighted by atomic mass is 10.2. The van der Waals surface area contributed by atoms with E-state index in [2.05, 4.69) is 21.7 Å². The number of nitrogens with two attached hydrogens (primary N) is 1.